The van der Waals surface area contributed by atoms with E-state index in [1.54, 1.807) is 25.1 Å². The zero-order valence-corrected chi connectivity index (χ0v) is 12.3. The smallest absolute Gasteiger partial charge is 0.356 e. The second kappa shape index (κ2) is 4.92. The number of benzene rings is 1. The van der Waals surface area contributed by atoms with E-state index in [1.807, 2.05) is 0 Å². The number of aromatic nitrogens is 3. The maximum absolute atomic E-state index is 12.7. The van der Waals surface area contributed by atoms with Crippen LogP contribution in [0.2, 0.25) is 0 Å². The molecule has 0 amide bonds. The Morgan fingerprint density at radius 3 is 2.64 bits per heavy atom. The normalized spacial score (nSPS) is 11.7. The molecule has 0 aliphatic rings. The number of aromatic carboxylic acids is 1. The highest BCUT2D eigenvalue weighted by Gasteiger charge is 2.22. The van der Waals surface area contributed by atoms with Crippen LogP contribution in [0.5, 0.6) is 0 Å². The van der Waals surface area contributed by atoms with Crippen molar-refractivity contribution < 1.29 is 18.3 Å². The van der Waals surface area contributed by atoms with Gasteiger partial charge in [0.2, 0.25) is 0 Å². The van der Waals surface area contributed by atoms with E-state index in [2.05, 4.69) is 9.97 Å². The fraction of sp³-hybridized carbons (Fsp3) is 0.0714. The quantitative estimate of drug-likeness (QED) is 0.788. The molecule has 3 rings (SSSR count). The minimum Gasteiger partial charge on any atom is -0.476 e. The van der Waals surface area contributed by atoms with Crippen molar-refractivity contribution in [1.82, 2.24) is 13.9 Å². The first-order valence-corrected chi connectivity index (χ1v) is 7.74. The van der Waals surface area contributed by atoms with Crippen LogP contribution in [0, 0.1) is 6.92 Å². The molecule has 0 aliphatic carbocycles. The lowest BCUT2D eigenvalue weighted by atomic mass is 10.2. The summed E-state index contributed by atoms with van der Waals surface area (Å²) in [7, 11) is -3.82. The van der Waals surface area contributed by atoms with Crippen LogP contribution in [0.4, 0.5) is 0 Å². The SMILES string of the molecule is Cc1ccccc1S(=O)(=O)n1ccc2nc(C(=O)O)cnc21. The van der Waals surface area contributed by atoms with Crippen LogP contribution in [0.3, 0.4) is 0 Å². The van der Waals surface area contributed by atoms with E-state index in [1.165, 1.54) is 18.3 Å². The van der Waals surface area contributed by atoms with E-state index in [-0.39, 0.29) is 21.8 Å². The Morgan fingerprint density at radius 1 is 1.23 bits per heavy atom. The molecule has 0 saturated heterocycles. The molecule has 0 saturated carbocycles. The third kappa shape index (κ3) is 2.13. The van der Waals surface area contributed by atoms with Crippen molar-refractivity contribution in [1.29, 1.82) is 0 Å². The molecule has 112 valence electrons. The molecule has 0 bridgehead atoms. The Balaban J connectivity index is 2.22. The fourth-order valence-corrected chi connectivity index (χ4v) is 3.66. The molecule has 8 heteroatoms. The third-order valence-corrected chi connectivity index (χ3v) is 5.03. The number of hydrogen-bond donors (Lipinski definition) is 1. The second-order valence-corrected chi connectivity index (χ2v) is 6.43. The van der Waals surface area contributed by atoms with Crippen molar-refractivity contribution in [3.8, 4) is 0 Å². The van der Waals surface area contributed by atoms with Gasteiger partial charge in [0.05, 0.1) is 11.1 Å². The highest BCUT2D eigenvalue weighted by molar-refractivity contribution is 7.90. The highest BCUT2D eigenvalue weighted by atomic mass is 32.2. The number of carboxylic acid groups (broad SMARTS) is 1. The van der Waals surface area contributed by atoms with Gasteiger partial charge in [0.25, 0.3) is 10.0 Å². The first-order valence-electron chi connectivity index (χ1n) is 6.30. The Bertz CT molecular complexity index is 992. The van der Waals surface area contributed by atoms with Crippen LogP contribution in [-0.2, 0) is 10.0 Å². The van der Waals surface area contributed by atoms with Crippen LogP contribution in [0.25, 0.3) is 11.2 Å². The van der Waals surface area contributed by atoms with Gasteiger partial charge >= 0.3 is 5.97 Å². The lowest BCUT2D eigenvalue weighted by Crippen LogP contribution is -2.14. The van der Waals surface area contributed by atoms with Gasteiger partial charge in [-0.15, -0.1) is 0 Å². The summed E-state index contributed by atoms with van der Waals surface area (Å²) in [6.45, 7) is 1.70. The lowest BCUT2D eigenvalue weighted by Gasteiger charge is -2.09. The number of fused-ring (bicyclic) bond motifs is 1. The van der Waals surface area contributed by atoms with Crippen molar-refractivity contribution in [3.05, 3.63) is 54.0 Å². The first kappa shape index (κ1) is 14.2. The van der Waals surface area contributed by atoms with Crippen molar-refractivity contribution in [2.45, 2.75) is 11.8 Å². The average molecular weight is 317 g/mol. The van der Waals surface area contributed by atoms with Crippen LogP contribution < -0.4 is 0 Å². The van der Waals surface area contributed by atoms with Gasteiger partial charge in [0, 0.05) is 6.20 Å². The number of hydrogen-bond acceptors (Lipinski definition) is 5. The molecule has 0 aliphatic heterocycles. The standard InChI is InChI=1S/C14H11N3O4S/c1-9-4-2-3-5-12(9)22(20,21)17-7-6-10-13(17)15-8-11(16-10)14(18)19/h2-8H,1H3,(H,18,19). The van der Waals surface area contributed by atoms with Crippen molar-refractivity contribution in [2.75, 3.05) is 0 Å². The maximum atomic E-state index is 12.7. The zero-order valence-electron chi connectivity index (χ0n) is 11.5. The van der Waals surface area contributed by atoms with E-state index in [4.69, 9.17) is 5.11 Å². The summed E-state index contributed by atoms with van der Waals surface area (Å²) in [6.07, 6.45) is 2.35. The second-order valence-electron chi connectivity index (χ2n) is 4.65. The molecule has 0 radical (unpaired) electrons. The fourth-order valence-electron chi connectivity index (χ4n) is 2.14. The van der Waals surface area contributed by atoms with Gasteiger partial charge in [-0.05, 0) is 24.6 Å². The minimum absolute atomic E-state index is 0.0910. The molecule has 2 heterocycles. The molecule has 0 unspecified atom stereocenters. The van der Waals surface area contributed by atoms with E-state index in [0.717, 1.165) is 10.2 Å². The van der Waals surface area contributed by atoms with E-state index in [9.17, 15) is 13.2 Å². The third-order valence-electron chi connectivity index (χ3n) is 3.21. The largest absolute Gasteiger partial charge is 0.476 e. The van der Waals surface area contributed by atoms with E-state index in [0.29, 0.717) is 5.56 Å². The van der Waals surface area contributed by atoms with Gasteiger partial charge in [-0.25, -0.2) is 27.2 Å². The Labute approximate surface area is 125 Å². The molecular formula is C14H11N3O4S. The Kier molecular flexibility index (Phi) is 3.18. The summed E-state index contributed by atoms with van der Waals surface area (Å²) >= 11 is 0. The van der Waals surface area contributed by atoms with Gasteiger partial charge in [-0.3, -0.25) is 0 Å². The number of rotatable bonds is 3. The van der Waals surface area contributed by atoms with Crippen LogP contribution in [-0.4, -0.2) is 33.4 Å². The monoisotopic (exact) mass is 317 g/mol. The molecule has 3 aromatic rings. The Morgan fingerprint density at radius 2 is 1.95 bits per heavy atom. The van der Waals surface area contributed by atoms with Crippen molar-refractivity contribution >= 4 is 27.2 Å². The summed E-state index contributed by atoms with van der Waals surface area (Å²) in [4.78, 5) is 18.9. The molecular weight excluding hydrogens is 306 g/mol. The molecule has 2 aromatic heterocycles. The molecule has 1 N–H and O–H groups in total. The molecule has 0 atom stereocenters. The van der Waals surface area contributed by atoms with Gasteiger partial charge in [0.15, 0.2) is 11.3 Å². The number of carboxylic acids is 1. The van der Waals surface area contributed by atoms with Crippen molar-refractivity contribution in [3.63, 3.8) is 0 Å². The summed E-state index contributed by atoms with van der Waals surface area (Å²) in [5.74, 6) is -1.22. The number of nitrogens with zero attached hydrogens (tertiary/aromatic N) is 3. The molecule has 1 aromatic carbocycles. The van der Waals surface area contributed by atoms with Gasteiger partial charge in [-0.2, -0.15) is 0 Å². The average Bonchev–Trinajstić information content (AvgIpc) is 2.91. The molecule has 0 fully saturated rings. The predicted octanol–water partition coefficient (Wildman–Crippen LogP) is 1.67. The van der Waals surface area contributed by atoms with E-state index < -0.39 is 16.0 Å². The molecule has 22 heavy (non-hydrogen) atoms. The van der Waals surface area contributed by atoms with E-state index >= 15 is 0 Å². The molecule has 0 spiro atoms. The summed E-state index contributed by atoms with van der Waals surface area (Å²) < 4.78 is 26.5. The van der Waals surface area contributed by atoms with Gasteiger partial charge in [0.1, 0.15) is 5.52 Å². The first-order chi connectivity index (χ1) is 10.4. The van der Waals surface area contributed by atoms with Crippen LogP contribution in [0.15, 0.2) is 47.6 Å². The predicted molar refractivity (Wildman–Crippen MR) is 78.3 cm³/mol. The number of aryl methyl sites for hydroxylation is 1. The number of carbonyl (C=O) groups is 1. The van der Waals surface area contributed by atoms with Crippen LogP contribution >= 0.6 is 0 Å². The maximum Gasteiger partial charge on any atom is 0.356 e. The van der Waals surface area contributed by atoms with Gasteiger partial charge < -0.3 is 5.11 Å². The van der Waals surface area contributed by atoms with Crippen molar-refractivity contribution in [2.24, 2.45) is 0 Å². The summed E-state index contributed by atoms with van der Waals surface area (Å²) in [6, 6.07) is 8.02. The summed E-state index contributed by atoms with van der Waals surface area (Å²) in [5, 5.41) is 8.90. The highest BCUT2D eigenvalue weighted by Crippen LogP contribution is 2.22. The zero-order chi connectivity index (χ0) is 15.9. The minimum atomic E-state index is -3.82. The lowest BCUT2D eigenvalue weighted by molar-refractivity contribution is 0.0690. The molecule has 7 nitrogen and oxygen atoms in total. The topological polar surface area (TPSA) is 102 Å². The summed E-state index contributed by atoms with van der Waals surface area (Å²) in [5.41, 5.74) is 0.670. The Hall–Kier alpha value is -2.74. The van der Waals surface area contributed by atoms with Crippen LogP contribution in [0.1, 0.15) is 16.1 Å². The van der Waals surface area contributed by atoms with Gasteiger partial charge in [-0.1, -0.05) is 18.2 Å².